The summed E-state index contributed by atoms with van der Waals surface area (Å²) in [5, 5.41) is 6.39. The van der Waals surface area contributed by atoms with E-state index in [1.165, 1.54) is 5.56 Å². The molecule has 0 aromatic heterocycles. The Balaban J connectivity index is 1.54. The van der Waals surface area contributed by atoms with E-state index < -0.39 is 0 Å². The average Bonchev–Trinajstić information content (AvgIpc) is 2.75. The summed E-state index contributed by atoms with van der Waals surface area (Å²) in [5.41, 5.74) is 3.50. The lowest BCUT2D eigenvalue weighted by atomic mass is 9.98. The van der Waals surface area contributed by atoms with Gasteiger partial charge in [0.1, 0.15) is 0 Å². The molecule has 2 amide bonds. The van der Waals surface area contributed by atoms with Crippen LogP contribution in [-0.2, 0) is 9.59 Å². The molecule has 0 unspecified atom stereocenters. The van der Waals surface area contributed by atoms with Crippen molar-refractivity contribution in [3.8, 4) is 0 Å². The van der Waals surface area contributed by atoms with Gasteiger partial charge in [0.05, 0.1) is 19.1 Å². The van der Waals surface area contributed by atoms with Gasteiger partial charge in [0.25, 0.3) is 0 Å². The quantitative estimate of drug-likeness (QED) is 0.685. The molecule has 0 radical (unpaired) electrons. The fraction of sp³-hybridized carbons (Fsp3) is 0.440. The van der Waals surface area contributed by atoms with E-state index in [-0.39, 0.29) is 30.4 Å². The number of nitrogens with one attached hydrogen (secondary N) is 2. The largest absolute Gasteiger partial charge is 0.353 e. The van der Waals surface area contributed by atoms with Crippen molar-refractivity contribution in [3.63, 3.8) is 0 Å². The van der Waals surface area contributed by atoms with Gasteiger partial charge in [-0.15, -0.1) is 0 Å². The van der Waals surface area contributed by atoms with Crippen molar-refractivity contribution in [3.05, 3.63) is 71.3 Å². The first-order chi connectivity index (χ1) is 14.9. The van der Waals surface area contributed by atoms with Crippen LogP contribution in [0.4, 0.5) is 0 Å². The SMILES string of the molecule is Cc1ccc([C@@H](NCC(=O)N2CCN(CC(=O)NC(C)C)CC2)c2ccccc2)cc1. The van der Waals surface area contributed by atoms with Crippen molar-refractivity contribution in [2.24, 2.45) is 0 Å². The molecule has 0 bridgehead atoms. The molecule has 6 nitrogen and oxygen atoms in total. The number of carbonyl (C=O) groups excluding carboxylic acids is 2. The van der Waals surface area contributed by atoms with Crippen LogP contribution in [0.1, 0.15) is 36.6 Å². The Morgan fingerprint density at radius 1 is 0.903 bits per heavy atom. The van der Waals surface area contributed by atoms with Crippen LogP contribution in [0.15, 0.2) is 54.6 Å². The zero-order valence-electron chi connectivity index (χ0n) is 18.8. The monoisotopic (exact) mass is 422 g/mol. The van der Waals surface area contributed by atoms with Gasteiger partial charge in [0.15, 0.2) is 0 Å². The molecule has 6 heteroatoms. The molecule has 2 N–H and O–H groups in total. The van der Waals surface area contributed by atoms with Crippen LogP contribution in [0.2, 0.25) is 0 Å². The Kier molecular flexibility index (Phi) is 8.20. The highest BCUT2D eigenvalue weighted by atomic mass is 16.2. The van der Waals surface area contributed by atoms with Gasteiger partial charge >= 0.3 is 0 Å². The highest BCUT2D eigenvalue weighted by Crippen LogP contribution is 2.22. The number of amides is 2. The number of piperazine rings is 1. The topological polar surface area (TPSA) is 64.7 Å². The maximum absolute atomic E-state index is 12.9. The first-order valence-electron chi connectivity index (χ1n) is 11.1. The van der Waals surface area contributed by atoms with Gasteiger partial charge in [0.2, 0.25) is 11.8 Å². The molecular weight excluding hydrogens is 388 g/mol. The summed E-state index contributed by atoms with van der Waals surface area (Å²) in [5.74, 6) is 0.138. The molecule has 1 atom stereocenters. The minimum Gasteiger partial charge on any atom is -0.353 e. The van der Waals surface area contributed by atoms with E-state index in [4.69, 9.17) is 0 Å². The van der Waals surface area contributed by atoms with E-state index in [0.717, 1.165) is 24.2 Å². The Bertz CT molecular complexity index is 844. The zero-order chi connectivity index (χ0) is 22.2. The summed E-state index contributed by atoms with van der Waals surface area (Å²) in [7, 11) is 0. The first-order valence-corrected chi connectivity index (χ1v) is 11.1. The summed E-state index contributed by atoms with van der Waals surface area (Å²) in [6.45, 7) is 9.40. The predicted octanol–water partition coefficient (Wildman–Crippen LogP) is 2.34. The van der Waals surface area contributed by atoms with Crippen LogP contribution >= 0.6 is 0 Å². The number of hydrogen-bond acceptors (Lipinski definition) is 4. The van der Waals surface area contributed by atoms with Gasteiger partial charge < -0.3 is 10.2 Å². The van der Waals surface area contributed by atoms with Crippen molar-refractivity contribution in [2.45, 2.75) is 32.9 Å². The van der Waals surface area contributed by atoms with Crippen LogP contribution in [0.5, 0.6) is 0 Å². The third kappa shape index (κ3) is 6.91. The number of nitrogens with zero attached hydrogens (tertiary/aromatic N) is 2. The molecule has 2 aromatic carbocycles. The third-order valence-electron chi connectivity index (χ3n) is 5.54. The normalized spacial score (nSPS) is 15.7. The second kappa shape index (κ2) is 11.1. The summed E-state index contributed by atoms with van der Waals surface area (Å²) < 4.78 is 0. The molecule has 31 heavy (non-hydrogen) atoms. The van der Waals surface area contributed by atoms with Gasteiger partial charge in [-0.2, -0.15) is 0 Å². The van der Waals surface area contributed by atoms with Crippen LogP contribution < -0.4 is 10.6 Å². The Hall–Kier alpha value is -2.70. The van der Waals surface area contributed by atoms with E-state index in [0.29, 0.717) is 19.6 Å². The maximum atomic E-state index is 12.9. The smallest absolute Gasteiger partial charge is 0.236 e. The molecule has 1 heterocycles. The predicted molar refractivity (Wildman–Crippen MR) is 124 cm³/mol. The van der Waals surface area contributed by atoms with Crippen molar-refractivity contribution >= 4 is 11.8 Å². The Morgan fingerprint density at radius 2 is 1.52 bits per heavy atom. The van der Waals surface area contributed by atoms with Crippen LogP contribution in [-0.4, -0.2) is 66.9 Å². The van der Waals surface area contributed by atoms with E-state index in [2.05, 4.69) is 58.9 Å². The van der Waals surface area contributed by atoms with E-state index in [1.807, 2.05) is 36.9 Å². The van der Waals surface area contributed by atoms with Crippen LogP contribution in [0.25, 0.3) is 0 Å². The maximum Gasteiger partial charge on any atom is 0.236 e. The Labute approximate surface area is 185 Å². The van der Waals surface area contributed by atoms with E-state index in [1.54, 1.807) is 0 Å². The molecule has 1 fully saturated rings. The molecule has 166 valence electrons. The standard InChI is InChI=1S/C25H34N4O2/c1-19(2)27-23(30)18-28-13-15-29(16-14-28)24(31)17-26-25(21-7-5-4-6-8-21)22-11-9-20(3)10-12-22/h4-12,19,25-26H,13-18H2,1-3H3,(H,27,30)/t25-/m0/s1. The molecule has 1 aliphatic rings. The minimum absolute atomic E-state index is 0.0354. The van der Waals surface area contributed by atoms with Gasteiger partial charge in [-0.1, -0.05) is 60.2 Å². The number of aryl methyl sites for hydroxylation is 1. The molecule has 0 saturated carbocycles. The number of rotatable bonds is 8. The second-order valence-corrected chi connectivity index (χ2v) is 8.51. The molecule has 1 saturated heterocycles. The lowest BCUT2D eigenvalue weighted by Crippen LogP contribution is -2.53. The van der Waals surface area contributed by atoms with Crippen LogP contribution in [0, 0.1) is 6.92 Å². The molecule has 1 aliphatic heterocycles. The van der Waals surface area contributed by atoms with Crippen LogP contribution in [0.3, 0.4) is 0 Å². The summed E-state index contributed by atoms with van der Waals surface area (Å²) in [4.78, 5) is 28.8. The van der Waals surface area contributed by atoms with Gasteiger partial charge in [-0.05, 0) is 31.9 Å². The van der Waals surface area contributed by atoms with E-state index in [9.17, 15) is 9.59 Å². The van der Waals surface area contributed by atoms with Crippen molar-refractivity contribution in [1.29, 1.82) is 0 Å². The number of carbonyl (C=O) groups is 2. The molecular formula is C25H34N4O2. The minimum atomic E-state index is -0.0354. The van der Waals surface area contributed by atoms with Crippen molar-refractivity contribution in [1.82, 2.24) is 20.4 Å². The zero-order valence-corrected chi connectivity index (χ0v) is 18.8. The fourth-order valence-corrected chi connectivity index (χ4v) is 3.86. The summed E-state index contributed by atoms with van der Waals surface area (Å²) in [6.07, 6.45) is 0. The van der Waals surface area contributed by atoms with Crippen molar-refractivity contribution in [2.75, 3.05) is 39.3 Å². The molecule has 0 aliphatic carbocycles. The summed E-state index contributed by atoms with van der Waals surface area (Å²) in [6, 6.07) is 18.8. The highest BCUT2D eigenvalue weighted by molar-refractivity contribution is 5.79. The van der Waals surface area contributed by atoms with Gasteiger partial charge in [-0.3, -0.25) is 19.8 Å². The number of hydrogen-bond donors (Lipinski definition) is 2. The molecule has 2 aromatic rings. The van der Waals surface area contributed by atoms with Gasteiger partial charge in [0, 0.05) is 32.2 Å². The molecule has 3 rings (SSSR count). The fourth-order valence-electron chi connectivity index (χ4n) is 3.86. The first kappa shape index (κ1) is 23.0. The lowest BCUT2D eigenvalue weighted by molar-refractivity contribution is -0.132. The molecule has 0 spiro atoms. The Morgan fingerprint density at radius 3 is 2.13 bits per heavy atom. The lowest BCUT2D eigenvalue weighted by Gasteiger charge is -2.35. The second-order valence-electron chi connectivity index (χ2n) is 8.51. The number of benzene rings is 2. The van der Waals surface area contributed by atoms with Gasteiger partial charge in [-0.25, -0.2) is 0 Å². The van der Waals surface area contributed by atoms with Crippen molar-refractivity contribution < 1.29 is 9.59 Å². The van der Waals surface area contributed by atoms with E-state index >= 15 is 0 Å². The average molecular weight is 423 g/mol. The third-order valence-corrected chi connectivity index (χ3v) is 5.54. The summed E-state index contributed by atoms with van der Waals surface area (Å²) >= 11 is 0. The highest BCUT2D eigenvalue weighted by Gasteiger charge is 2.23.